The molecule has 3 unspecified atom stereocenters. The van der Waals surface area contributed by atoms with Gasteiger partial charge in [-0.1, -0.05) is 0 Å². The predicted octanol–water partition coefficient (Wildman–Crippen LogP) is -1.44. The Hall–Kier alpha value is -2.31. The summed E-state index contributed by atoms with van der Waals surface area (Å²) < 4.78 is 15.0. The number of nitrogens with zero attached hydrogens (tertiary/aromatic N) is 1. The van der Waals surface area contributed by atoms with E-state index >= 15 is 0 Å². The van der Waals surface area contributed by atoms with Crippen molar-refractivity contribution in [3.63, 3.8) is 0 Å². The van der Waals surface area contributed by atoms with Gasteiger partial charge in [0.05, 0.1) is 18.6 Å². The molecule has 11 nitrogen and oxygen atoms in total. The molecule has 4 N–H and O–H groups in total. The molecule has 0 spiro atoms. The summed E-state index contributed by atoms with van der Waals surface area (Å²) in [5, 5.41) is 49.4. The third-order valence-corrected chi connectivity index (χ3v) is 3.67. The van der Waals surface area contributed by atoms with E-state index in [0.717, 1.165) is 25.3 Å². The van der Waals surface area contributed by atoms with E-state index in [0.29, 0.717) is 0 Å². The molecule has 1 aliphatic rings. The number of benzene rings is 1. The SMILES string of the molecule is COC(=O)c1cc([N+](=O)[O-])ccc1O[C@@H]1OC(CO)[C@@H](O)C(O)C1O. The lowest BCUT2D eigenvalue weighted by Gasteiger charge is -2.39. The number of non-ortho nitro benzene ring substituents is 1. The molecule has 1 aromatic rings. The summed E-state index contributed by atoms with van der Waals surface area (Å²) in [5.74, 6) is -1.13. The second kappa shape index (κ2) is 7.72. The zero-order chi connectivity index (χ0) is 18.7. The van der Waals surface area contributed by atoms with Gasteiger partial charge in [0.15, 0.2) is 0 Å². The van der Waals surface area contributed by atoms with Crippen LogP contribution in [0.25, 0.3) is 0 Å². The van der Waals surface area contributed by atoms with Crippen LogP contribution in [-0.4, -0.2) is 75.7 Å². The van der Waals surface area contributed by atoms with Crippen LogP contribution in [0.1, 0.15) is 10.4 Å². The summed E-state index contributed by atoms with van der Waals surface area (Å²) in [6.45, 7) is -0.658. The monoisotopic (exact) mass is 359 g/mol. The van der Waals surface area contributed by atoms with E-state index in [4.69, 9.17) is 14.6 Å². The van der Waals surface area contributed by atoms with Gasteiger partial charge in [-0.2, -0.15) is 0 Å². The minimum Gasteiger partial charge on any atom is -0.465 e. The molecule has 0 aromatic heterocycles. The van der Waals surface area contributed by atoms with Crippen molar-refractivity contribution >= 4 is 11.7 Å². The number of methoxy groups -OCH3 is 1. The molecule has 0 amide bonds. The number of hydrogen-bond donors (Lipinski definition) is 4. The van der Waals surface area contributed by atoms with Crippen LogP contribution >= 0.6 is 0 Å². The number of hydrogen-bond acceptors (Lipinski definition) is 10. The molecule has 1 aromatic carbocycles. The Kier molecular flexibility index (Phi) is 5.87. The van der Waals surface area contributed by atoms with Gasteiger partial charge in [-0.05, 0) is 6.07 Å². The average molecular weight is 359 g/mol. The van der Waals surface area contributed by atoms with Crippen LogP contribution in [0.2, 0.25) is 0 Å². The highest BCUT2D eigenvalue weighted by molar-refractivity contribution is 5.93. The number of carbonyl (C=O) groups is 1. The van der Waals surface area contributed by atoms with Gasteiger partial charge >= 0.3 is 5.97 Å². The zero-order valence-corrected chi connectivity index (χ0v) is 13.0. The van der Waals surface area contributed by atoms with Crippen LogP contribution in [0.5, 0.6) is 5.75 Å². The Morgan fingerprint density at radius 2 is 1.96 bits per heavy atom. The molecular weight excluding hydrogens is 342 g/mol. The molecule has 0 saturated carbocycles. The summed E-state index contributed by atoms with van der Waals surface area (Å²) in [6, 6.07) is 3.09. The maximum atomic E-state index is 11.8. The molecule has 0 aliphatic carbocycles. The van der Waals surface area contributed by atoms with Crippen LogP contribution in [0, 0.1) is 10.1 Å². The number of carbonyl (C=O) groups excluding carboxylic acids is 1. The fourth-order valence-electron chi connectivity index (χ4n) is 2.29. The first-order valence-corrected chi connectivity index (χ1v) is 7.14. The van der Waals surface area contributed by atoms with Crippen molar-refractivity contribution in [1.82, 2.24) is 0 Å². The number of rotatable bonds is 5. The molecule has 1 heterocycles. The predicted molar refractivity (Wildman–Crippen MR) is 78.8 cm³/mol. The Bertz CT molecular complexity index is 648. The first kappa shape index (κ1) is 19.0. The summed E-state index contributed by atoms with van der Waals surface area (Å²) in [4.78, 5) is 21.9. The summed E-state index contributed by atoms with van der Waals surface area (Å²) in [5.41, 5.74) is -0.685. The maximum absolute atomic E-state index is 11.8. The summed E-state index contributed by atoms with van der Waals surface area (Å²) >= 11 is 0. The van der Waals surface area contributed by atoms with E-state index in [9.17, 15) is 30.2 Å². The van der Waals surface area contributed by atoms with Gasteiger partial charge in [0.25, 0.3) is 5.69 Å². The molecule has 1 saturated heterocycles. The van der Waals surface area contributed by atoms with Gasteiger partial charge in [-0.3, -0.25) is 10.1 Å². The van der Waals surface area contributed by atoms with Gasteiger partial charge < -0.3 is 34.6 Å². The fraction of sp³-hybridized carbons (Fsp3) is 0.500. The minimum absolute atomic E-state index is 0.207. The normalized spacial score (nSPS) is 29.1. The molecule has 25 heavy (non-hydrogen) atoms. The molecule has 0 radical (unpaired) electrons. The quantitative estimate of drug-likeness (QED) is 0.277. The maximum Gasteiger partial charge on any atom is 0.341 e. The summed E-state index contributed by atoms with van der Waals surface area (Å²) in [7, 11) is 1.07. The Balaban J connectivity index is 2.32. The second-order valence-electron chi connectivity index (χ2n) is 5.24. The Morgan fingerprint density at radius 1 is 1.28 bits per heavy atom. The molecule has 11 heteroatoms. The van der Waals surface area contributed by atoms with Crippen LogP contribution in [-0.2, 0) is 9.47 Å². The van der Waals surface area contributed by atoms with Crippen molar-refractivity contribution in [3.8, 4) is 5.75 Å². The van der Waals surface area contributed by atoms with Crippen molar-refractivity contribution < 1.29 is 44.4 Å². The minimum atomic E-state index is -1.70. The fourth-order valence-corrected chi connectivity index (χ4v) is 2.29. The van der Waals surface area contributed by atoms with Crippen molar-refractivity contribution in [3.05, 3.63) is 33.9 Å². The van der Waals surface area contributed by atoms with Gasteiger partial charge in [0, 0.05) is 12.1 Å². The molecule has 1 fully saturated rings. The third-order valence-electron chi connectivity index (χ3n) is 3.67. The molecule has 0 bridgehead atoms. The van der Waals surface area contributed by atoms with Gasteiger partial charge in [-0.15, -0.1) is 0 Å². The first-order valence-electron chi connectivity index (χ1n) is 7.14. The van der Waals surface area contributed by atoms with Crippen LogP contribution < -0.4 is 4.74 Å². The van der Waals surface area contributed by atoms with E-state index in [1.54, 1.807) is 0 Å². The molecule has 138 valence electrons. The van der Waals surface area contributed by atoms with E-state index in [1.165, 1.54) is 0 Å². The largest absolute Gasteiger partial charge is 0.465 e. The number of esters is 1. The van der Waals surface area contributed by atoms with Crippen molar-refractivity contribution in [1.29, 1.82) is 0 Å². The topological polar surface area (TPSA) is 169 Å². The highest BCUT2D eigenvalue weighted by Gasteiger charge is 2.45. The van der Waals surface area contributed by atoms with E-state index < -0.39 is 48.2 Å². The number of aliphatic hydroxyl groups is 4. The average Bonchev–Trinajstić information content (AvgIpc) is 2.61. The van der Waals surface area contributed by atoms with Gasteiger partial charge in [0.2, 0.25) is 6.29 Å². The molecule has 5 atom stereocenters. The van der Waals surface area contributed by atoms with Gasteiger partial charge in [0.1, 0.15) is 35.7 Å². The van der Waals surface area contributed by atoms with Crippen molar-refractivity contribution in [2.24, 2.45) is 0 Å². The smallest absolute Gasteiger partial charge is 0.341 e. The highest BCUT2D eigenvalue weighted by Crippen LogP contribution is 2.29. The van der Waals surface area contributed by atoms with Crippen molar-refractivity contribution in [2.75, 3.05) is 13.7 Å². The number of nitro groups is 1. The van der Waals surface area contributed by atoms with E-state index in [1.807, 2.05) is 0 Å². The lowest BCUT2D eigenvalue weighted by atomic mass is 9.99. The highest BCUT2D eigenvalue weighted by atomic mass is 16.7. The lowest BCUT2D eigenvalue weighted by molar-refractivity contribution is -0.384. The number of aliphatic hydroxyl groups excluding tert-OH is 4. The lowest BCUT2D eigenvalue weighted by Crippen LogP contribution is -2.60. The molecule has 2 rings (SSSR count). The van der Waals surface area contributed by atoms with E-state index in [-0.39, 0.29) is 17.0 Å². The Morgan fingerprint density at radius 3 is 2.52 bits per heavy atom. The van der Waals surface area contributed by atoms with Crippen LogP contribution in [0.3, 0.4) is 0 Å². The Labute approximate surface area is 141 Å². The zero-order valence-electron chi connectivity index (χ0n) is 13.0. The van der Waals surface area contributed by atoms with Crippen LogP contribution in [0.15, 0.2) is 18.2 Å². The van der Waals surface area contributed by atoms with Crippen molar-refractivity contribution in [2.45, 2.75) is 30.7 Å². The third kappa shape index (κ3) is 3.86. The number of ether oxygens (including phenoxy) is 3. The second-order valence-corrected chi connectivity index (χ2v) is 5.24. The van der Waals surface area contributed by atoms with E-state index in [2.05, 4.69) is 4.74 Å². The molecule has 1 aliphatic heterocycles. The summed E-state index contributed by atoms with van der Waals surface area (Å²) in [6.07, 6.45) is -7.69. The van der Waals surface area contributed by atoms with Gasteiger partial charge in [-0.25, -0.2) is 4.79 Å². The molecular formula is C14H17NO10. The first-order chi connectivity index (χ1) is 11.8. The standard InChI is InChI=1S/C14H17NO10/c1-23-13(20)7-4-6(15(21)22)2-3-8(7)24-14-12(19)11(18)10(17)9(5-16)25-14/h2-4,9-12,14,16-19H,5H2,1H3/t9?,10-,11?,12?,14-/m1/s1. The number of nitro benzene ring substituents is 1. The van der Waals surface area contributed by atoms with Crippen LogP contribution in [0.4, 0.5) is 5.69 Å².